The van der Waals surface area contributed by atoms with E-state index in [2.05, 4.69) is 25.9 Å². The van der Waals surface area contributed by atoms with Crippen molar-refractivity contribution < 1.29 is 61.9 Å². The van der Waals surface area contributed by atoms with Crippen LogP contribution in [-0.2, 0) is 35.1 Å². The van der Waals surface area contributed by atoms with Crippen molar-refractivity contribution in [1.82, 2.24) is 30.4 Å². The lowest BCUT2D eigenvalue weighted by Crippen LogP contribution is -2.73. The molecule has 2 bridgehead atoms. The molecule has 4 heterocycles. The fourth-order valence-corrected chi connectivity index (χ4v) is 12.8. The lowest BCUT2D eigenvalue weighted by atomic mass is 9.34. The molecule has 3 aliphatic carbocycles. The number of fused-ring (bicyclic) bond motifs is 6. The first-order chi connectivity index (χ1) is 38.8. The number of carbonyl (C=O) groups excluding carboxylic acids is 7. The number of aryl methyl sites for hydroxylation is 2. The quantitative estimate of drug-likeness (QED) is 0.0215. The first-order valence-electron chi connectivity index (χ1n) is 26.9. The van der Waals surface area contributed by atoms with E-state index < -0.39 is 60.8 Å². The molecule has 0 spiro atoms. The van der Waals surface area contributed by atoms with Gasteiger partial charge < -0.3 is 71.0 Å². The van der Waals surface area contributed by atoms with Gasteiger partial charge in [0.25, 0.3) is 0 Å². The van der Waals surface area contributed by atoms with Gasteiger partial charge in [0.05, 0.1) is 39.3 Å². The molecule has 24 nitrogen and oxygen atoms in total. The van der Waals surface area contributed by atoms with Gasteiger partial charge in [-0.2, -0.15) is 0 Å². The summed E-state index contributed by atoms with van der Waals surface area (Å²) in [6, 6.07) is 7.22. The van der Waals surface area contributed by atoms with E-state index in [-0.39, 0.29) is 98.6 Å². The molecule has 10 rings (SSSR count). The molecule has 82 heavy (non-hydrogen) atoms. The van der Waals surface area contributed by atoms with Crippen LogP contribution in [-0.4, -0.2) is 142 Å². The van der Waals surface area contributed by atoms with E-state index >= 15 is 0 Å². The topological polar surface area (TPSA) is 337 Å². The Morgan fingerprint density at radius 2 is 1.32 bits per heavy atom. The fraction of sp³-hybridized carbons (Fsp3) is 0.473. The van der Waals surface area contributed by atoms with Gasteiger partial charge in [-0.25, -0.2) is 18.9 Å². The van der Waals surface area contributed by atoms with Crippen LogP contribution in [0, 0.1) is 30.6 Å². The van der Waals surface area contributed by atoms with Gasteiger partial charge >= 0.3 is 26.0 Å². The highest BCUT2D eigenvalue weighted by Crippen LogP contribution is 2.75. The molecule has 27 heteroatoms. The number of ether oxygens (including phenoxy) is 2. The van der Waals surface area contributed by atoms with E-state index in [1.807, 2.05) is 13.8 Å². The second-order valence-electron chi connectivity index (χ2n) is 22.5. The predicted octanol–water partition coefficient (Wildman–Crippen LogP) is 6.50. The summed E-state index contributed by atoms with van der Waals surface area (Å²) < 4.78 is 28.8. The molecular weight excluding hydrogens is 1120 g/mol. The third-order valence-electron chi connectivity index (χ3n) is 16.3. The zero-order valence-electron chi connectivity index (χ0n) is 46.2. The zero-order valence-corrected chi connectivity index (χ0v) is 48.6. The summed E-state index contributed by atoms with van der Waals surface area (Å²) in [5.41, 5.74) is 15.7. The zero-order chi connectivity index (χ0) is 59.3. The van der Waals surface area contributed by atoms with Gasteiger partial charge in [0, 0.05) is 111 Å². The summed E-state index contributed by atoms with van der Waals surface area (Å²) in [6.07, 6.45) is 3.53. The van der Waals surface area contributed by atoms with E-state index in [1.165, 1.54) is 30.0 Å². The number of aromatic nitrogens is 2. The lowest BCUT2D eigenvalue weighted by Gasteiger charge is -2.69. The van der Waals surface area contributed by atoms with Crippen LogP contribution in [0.15, 0.2) is 48.8 Å². The Balaban J connectivity index is 0.806. The summed E-state index contributed by atoms with van der Waals surface area (Å²) in [4.78, 5) is 125. The number of hydrogen-bond donors (Lipinski definition) is 9. The van der Waals surface area contributed by atoms with Gasteiger partial charge in [-0.1, -0.05) is 26.0 Å². The number of nitrogens with two attached hydrogens (primary N) is 2. The van der Waals surface area contributed by atoms with E-state index in [1.54, 1.807) is 66.4 Å². The number of nitrogens with one attached hydrogen (secondary N) is 5. The first kappa shape index (κ1) is 59.5. The summed E-state index contributed by atoms with van der Waals surface area (Å²) >= 11 is 13.1. The number of hydrogen-bond acceptors (Lipinski definition) is 12. The van der Waals surface area contributed by atoms with Gasteiger partial charge in [-0.15, -0.1) is 23.2 Å². The van der Waals surface area contributed by atoms with Crippen molar-refractivity contribution in [3.8, 4) is 11.5 Å². The van der Waals surface area contributed by atoms with Gasteiger partial charge in [0.15, 0.2) is 11.5 Å². The number of phosphoric acid groups is 1. The summed E-state index contributed by atoms with van der Waals surface area (Å²) in [7, 11) is -1.93. The summed E-state index contributed by atoms with van der Waals surface area (Å²) in [6.45, 7) is 8.07. The number of halogens is 2. The Hall–Kier alpha value is -7.08. The Labute approximate surface area is 482 Å². The number of amides is 8. The lowest BCUT2D eigenvalue weighted by molar-refractivity contribution is -0.205. The van der Waals surface area contributed by atoms with Crippen LogP contribution in [0.2, 0.25) is 0 Å². The maximum absolute atomic E-state index is 14.9. The first-order valence-corrected chi connectivity index (χ1v) is 29.5. The largest absolute Gasteiger partial charge is 0.524 e. The minimum absolute atomic E-state index is 0.0546. The average molecular weight is 1190 g/mol. The number of primary amides is 1. The van der Waals surface area contributed by atoms with Crippen molar-refractivity contribution in [2.75, 3.05) is 73.7 Å². The maximum atomic E-state index is 14.9. The van der Waals surface area contributed by atoms with E-state index in [0.29, 0.717) is 64.7 Å². The predicted molar refractivity (Wildman–Crippen MR) is 307 cm³/mol. The van der Waals surface area contributed by atoms with Crippen LogP contribution in [0.4, 0.5) is 31.4 Å². The van der Waals surface area contributed by atoms with Gasteiger partial charge in [-0.3, -0.25) is 29.0 Å². The number of H-pyrrole nitrogens is 2. The van der Waals surface area contributed by atoms with Crippen LogP contribution < -0.4 is 46.5 Å². The number of phosphoric ester groups is 1. The normalized spacial score (nSPS) is 20.3. The molecule has 8 amide bonds. The number of anilines is 3. The Kier molecular flexibility index (Phi) is 16.9. The minimum Gasteiger partial charge on any atom is -0.445 e. The molecular formula is C55H68Cl2N11O13P. The third kappa shape index (κ3) is 11.5. The highest BCUT2D eigenvalue weighted by Gasteiger charge is 2.76. The Morgan fingerprint density at radius 1 is 0.805 bits per heavy atom. The molecule has 5 aromatic rings. The Bertz CT molecular complexity index is 3400. The van der Waals surface area contributed by atoms with Crippen molar-refractivity contribution in [2.45, 2.75) is 90.3 Å². The highest BCUT2D eigenvalue weighted by molar-refractivity contribution is 7.46. The highest BCUT2D eigenvalue weighted by atomic mass is 35.5. The molecule has 0 saturated heterocycles. The maximum Gasteiger partial charge on any atom is 0.524 e. The van der Waals surface area contributed by atoms with Crippen molar-refractivity contribution in [1.29, 1.82) is 0 Å². The molecule has 0 radical (unpaired) electrons. The molecule has 4 atom stereocenters. The molecule has 5 aliphatic rings. The number of rotatable bonds is 21. The fourth-order valence-electron chi connectivity index (χ4n) is 11.9. The summed E-state index contributed by atoms with van der Waals surface area (Å²) in [5.74, 6) is -1.56. The number of carbonyl (C=O) groups is 7. The molecule has 0 unspecified atom stereocenters. The van der Waals surface area contributed by atoms with Gasteiger partial charge in [-0.05, 0) is 91.8 Å². The molecule has 3 aromatic carbocycles. The van der Waals surface area contributed by atoms with Crippen LogP contribution in [0.25, 0.3) is 21.8 Å². The number of likely N-dealkylation sites (N-methyl/N-ethyl adjacent to an activating group) is 2. The standard InChI is InChI=1S/C55H68Cl2N11O13P/c1-28(2)44(58)48(70)64-35(8-7-13-60-51(59)73)47(69)63-34-11-9-31(10-12-34)24-79-52(74)65(5)14-15-66(6)53(75)80-38-16-36-42(40-29(3)20-61-45(38)40)32(18-56)22-67(36)49(71)54-25-55(26-54,27-54)50(72)68-23-33(19-57)43-37(68)17-39(81-82(76,77)78)46-41(43)30(4)21-62-46/h9-12,16-17,20-21,28,32-33,35,44,61-62H,7-8,13-15,18-19,22-27,58H2,1-6H3,(H,63,69)(H,64,70)(H3,59,60,73)(H2,76,77,78)/t32-,33-,35+,44+,54?,55?/m1/s1. The van der Waals surface area contributed by atoms with Crippen molar-refractivity contribution in [3.05, 3.63) is 76.6 Å². The summed E-state index contributed by atoms with van der Waals surface area (Å²) in [5, 5.41) is 9.39. The van der Waals surface area contributed by atoms with Gasteiger partial charge in [0.1, 0.15) is 12.6 Å². The second-order valence-corrected chi connectivity index (χ2v) is 24.3. The van der Waals surface area contributed by atoms with Gasteiger partial charge in [0.2, 0.25) is 23.6 Å². The molecule has 3 fully saturated rings. The van der Waals surface area contributed by atoms with Crippen LogP contribution in [0.1, 0.15) is 85.6 Å². The Morgan fingerprint density at radius 3 is 1.82 bits per heavy atom. The number of urea groups is 1. The molecule has 440 valence electrons. The smallest absolute Gasteiger partial charge is 0.445 e. The number of benzene rings is 3. The van der Waals surface area contributed by atoms with Crippen molar-refractivity contribution in [2.24, 2.45) is 28.2 Å². The van der Waals surface area contributed by atoms with Crippen LogP contribution in [0.5, 0.6) is 11.5 Å². The molecule has 3 saturated carbocycles. The minimum atomic E-state index is -4.98. The van der Waals surface area contributed by atoms with E-state index in [0.717, 1.165) is 27.6 Å². The second kappa shape index (κ2) is 23.3. The van der Waals surface area contributed by atoms with E-state index in [4.69, 9.17) is 48.7 Å². The number of aromatic amines is 2. The SMILES string of the molecule is Cc1c[nH]c2c(OC(=O)N(C)CCN(C)C(=O)OCc3ccc(NC(=O)[C@H](CCCNC(N)=O)NC(=O)[C@@H](N)C(C)C)cc3)cc3c(c12)[C@H](CCl)CN3C(=O)C12CC(C(=O)N3C[C@@H](CCl)c4c3cc(OP(=O)(O)O)c3[nH]cc(C)c43)(C1)C2. The van der Waals surface area contributed by atoms with Crippen LogP contribution >= 0.6 is 31.0 Å². The molecule has 11 N–H and O–H groups in total. The van der Waals surface area contributed by atoms with Crippen molar-refractivity contribution in [3.63, 3.8) is 0 Å². The molecule has 2 aliphatic heterocycles. The average Bonchev–Trinajstić information content (AvgIpc) is 1.26. The number of alkyl halides is 2. The van der Waals surface area contributed by atoms with Crippen molar-refractivity contribution >= 4 is 112 Å². The monoisotopic (exact) mass is 1190 g/mol. The third-order valence-corrected chi connectivity index (χ3v) is 17.5. The number of nitrogens with zero attached hydrogens (tertiary/aromatic N) is 4. The van der Waals surface area contributed by atoms with Crippen LogP contribution in [0.3, 0.4) is 0 Å². The van der Waals surface area contributed by atoms with E-state index in [9.17, 15) is 47.9 Å². The molecule has 2 aromatic heterocycles.